The van der Waals surface area contributed by atoms with Crippen molar-refractivity contribution in [1.29, 1.82) is 0 Å². The Labute approximate surface area is 143 Å². The Balaban J connectivity index is 1.81. The van der Waals surface area contributed by atoms with Gasteiger partial charge in [-0.05, 0) is 42.4 Å². The van der Waals surface area contributed by atoms with Crippen molar-refractivity contribution in [3.63, 3.8) is 0 Å². The van der Waals surface area contributed by atoms with Crippen LogP contribution in [0.15, 0.2) is 30.5 Å². The lowest BCUT2D eigenvalue weighted by Gasteiger charge is -2.30. The van der Waals surface area contributed by atoms with Gasteiger partial charge < -0.3 is 0 Å². The van der Waals surface area contributed by atoms with E-state index in [9.17, 15) is 9.18 Å². The summed E-state index contributed by atoms with van der Waals surface area (Å²) in [5.74, 6) is 1.20. The molecule has 0 amide bonds. The maximum atomic E-state index is 13.7. The van der Waals surface area contributed by atoms with Gasteiger partial charge >= 0.3 is 0 Å². The molecule has 1 fully saturated rings. The molecule has 1 aliphatic rings. The second-order valence-electron chi connectivity index (χ2n) is 8.06. The van der Waals surface area contributed by atoms with Gasteiger partial charge in [-0.3, -0.25) is 9.78 Å². The van der Waals surface area contributed by atoms with Crippen LogP contribution in [0, 0.1) is 23.1 Å². The Kier molecular flexibility index (Phi) is 4.71. The Morgan fingerprint density at radius 1 is 1.38 bits per heavy atom. The molecule has 1 aliphatic carbocycles. The van der Waals surface area contributed by atoms with Gasteiger partial charge in [-0.1, -0.05) is 45.7 Å². The molecule has 0 saturated heterocycles. The van der Waals surface area contributed by atoms with Gasteiger partial charge in [0.15, 0.2) is 0 Å². The van der Waals surface area contributed by atoms with Crippen LogP contribution in [0.4, 0.5) is 4.39 Å². The predicted molar refractivity (Wildman–Crippen MR) is 95.3 cm³/mol. The van der Waals surface area contributed by atoms with Crippen LogP contribution < -0.4 is 0 Å². The Hall–Kier alpha value is -1.77. The molecule has 128 valence electrons. The van der Waals surface area contributed by atoms with Crippen LogP contribution in [0.5, 0.6) is 0 Å². The summed E-state index contributed by atoms with van der Waals surface area (Å²) >= 11 is 0. The van der Waals surface area contributed by atoms with Gasteiger partial charge in [-0.2, -0.15) is 0 Å². The molecule has 1 heterocycles. The molecule has 0 radical (unpaired) electrons. The first-order valence-corrected chi connectivity index (χ1v) is 8.94. The molecule has 1 aromatic heterocycles. The molecule has 0 N–H and O–H groups in total. The molecule has 0 bridgehead atoms. The van der Waals surface area contributed by atoms with Gasteiger partial charge in [0.25, 0.3) is 0 Å². The lowest BCUT2D eigenvalue weighted by Crippen LogP contribution is -2.31. The second kappa shape index (κ2) is 6.62. The van der Waals surface area contributed by atoms with Crippen molar-refractivity contribution in [3.8, 4) is 0 Å². The quantitative estimate of drug-likeness (QED) is 0.687. The molecule has 1 atom stereocenters. The number of hydrogen-bond donors (Lipinski definition) is 0. The second-order valence-corrected chi connectivity index (χ2v) is 8.06. The van der Waals surface area contributed by atoms with Gasteiger partial charge in [-0.25, -0.2) is 4.39 Å². The van der Waals surface area contributed by atoms with E-state index in [1.54, 1.807) is 12.3 Å². The molecule has 2 aromatic rings. The highest BCUT2D eigenvalue weighted by Gasteiger charge is 2.38. The minimum Gasteiger partial charge on any atom is -0.299 e. The van der Waals surface area contributed by atoms with Crippen molar-refractivity contribution in [3.05, 3.63) is 41.8 Å². The number of pyridine rings is 1. The summed E-state index contributed by atoms with van der Waals surface area (Å²) in [7, 11) is 0. The van der Waals surface area contributed by atoms with Crippen LogP contribution in [0.3, 0.4) is 0 Å². The van der Waals surface area contributed by atoms with E-state index in [-0.39, 0.29) is 11.2 Å². The monoisotopic (exact) mass is 327 g/mol. The van der Waals surface area contributed by atoms with E-state index in [1.165, 1.54) is 18.9 Å². The van der Waals surface area contributed by atoms with Crippen molar-refractivity contribution < 1.29 is 9.18 Å². The molecule has 0 aliphatic heterocycles. The molecule has 1 aromatic carbocycles. The fraction of sp³-hybridized carbons (Fsp3) is 0.524. The molecular weight excluding hydrogens is 301 g/mol. The lowest BCUT2D eigenvalue weighted by atomic mass is 9.73. The van der Waals surface area contributed by atoms with Crippen molar-refractivity contribution >= 4 is 16.7 Å². The van der Waals surface area contributed by atoms with E-state index in [1.807, 2.05) is 12.1 Å². The van der Waals surface area contributed by atoms with E-state index >= 15 is 0 Å². The number of carbonyl (C=O) groups excluding carboxylic acids is 1. The zero-order valence-corrected chi connectivity index (χ0v) is 14.8. The number of carbonyl (C=O) groups is 1. The zero-order chi connectivity index (χ0) is 17.3. The smallest absolute Gasteiger partial charge is 0.149 e. The van der Waals surface area contributed by atoms with Crippen LogP contribution in [0.2, 0.25) is 0 Å². The van der Waals surface area contributed by atoms with E-state index in [2.05, 4.69) is 25.8 Å². The highest BCUT2D eigenvalue weighted by Crippen LogP contribution is 2.44. The Morgan fingerprint density at radius 3 is 2.79 bits per heavy atom. The fourth-order valence-corrected chi connectivity index (χ4v) is 3.84. The number of hydrogen-bond acceptors (Lipinski definition) is 2. The first kappa shape index (κ1) is 17.1. The molecule has 3 heteroatoms. The average molecular weight is 327 g/mol. The third-order valence-electron chi connectivity index (χ3n) is 5.05. The highest BCUT2D eigenvalue weighted by atomic mass is 19.1. The molecule has 2 nitrogen and oxygen atoms in total. The Bertz CT molecular complexity index is 745. The number of fused-ring (bicyclic) bond motifs is 1. The maximum Gasteiger partial charge on any atom is 0.149 e. The number of para-hydroxylation sites is 1. The Morgan fingerprint density at radius 2 is 2.12 bits per heavy atom. The van der Waals surface area contributed by atoms with Crippen LogP contribution >= 0.6 is 0 Å². The number of rotatable bonds is 7. The first-order valence-electron chi connectivity index (χ1n) is 8.94. The largest absolute Gasteiger partial charge is 0.299 e. The van der Waals surface area contributed by atoms with Crippen LogP contribution in [0.25, 0.3) is 10.9 Å². The third-order valence-corrected chi connectivity index (χ3v) is 5.05. The number of aromatic nitrogens is 1. The van der Waals surface area contributed by atoms with E-state index in [0.717, 1.165) is 29.7 Å². The summed E-state index contributed by atoms with van der Waals surface area (Å²) in [6, 6.07) is 6.84. The van der Waals surface area contributed by atoms with Crippen LogP contribution in [-0.2, 0) is 11.2 Å². The van der Waals surface area contributed by atoms with Gasteiger partial charge in [0.05, 0.1) is 0 Å². The molecule has 3 rings (SSSR count). The summed E-state index contributed by atoms with van der Waals surface area (Å²) in [5.41, 5.74) is 0.993. The van der Waals surface area contributed by atoms with Gasteiger partial charge in [0, 0.05) is 23.4 Å². The minimum atomic E-state index is -0.316. The van der Waals surface area contributed by atoms with Crippen molar-refractivity contribution in [2.75, 3.05) is 0 Å². The summed E-state index contributed by atoms with van der Waals surface area (Å²) in [6.07, 6.45) is 6.48. The molecule has 24 heavy (non-hydrogen) atoms. The molecular formula is C21H26FNO. The topological polar surface area (TPSA) is 30.0 Å². The van der Waals surface area contributed by atoms with Crippen molar-refractivity contribution in [2.45, 2.75) is 52.9 Å². The summed E-state index contributed by atoms with van der Waals surface area (Å²) in [5, 5.41) is 0.757. The van der Waals surface area contributed by atoms with Crippen LogP contribution in [0.1, 0.15) is 52.0 Å². The standard InChI is InChI=1S/C21H26FNO/c1-14(2)11-21(3,12-15-7-8-15)19(24)10-16-9-17-5-4-6-18(22)20(17)23-13-16/h4-6,9,13-15H,7-8,10-12H2,1-3H3. The zero-order valence-electron chi connectivity index (χ0n) is 14.8. The third kappa shape index (κ3) is 3.82. The van der Waals surface area contributed by atoms with Crippen molar-refractivity contribution in [2.24, 2.45) is 17.3 Å². The number of ketones is 1. The lowest BCUT2D eigenvalue weighted by molar-refractivity contribution is -0.128. The molecule has 0 spiro atoms. The van der Waals surface area contributed by atoms with Crippen LogP contribution in [-0.4, -0.2) is 10.8 Å². The van der Waals surface area contributed by atoms with E-state index in [0.29, 0.717) is 23.6 Å². The molecule has 1 saturated carbocycles. The van der Waals surface area contributed by atoms with Gasteiger partial charge in [0.2, 0.25) is 0 Å². The van der Waals surface area contributed by atoms with E-state index < -0.39 is 0 Å². The average Bonchev–Trinajstić information content (AvgIpc) is 3.30. The molecule has 1 unspecified atom stereocenters. The minimum absolute atomic E-state index is 0.258. The normalized spacial score (nSPS) is 17.2. The fourth-order valence-electron chi connectivity index (χ4n) is 3.84. The van der Waals surface area contributed by atoms with Gasteiger partial charge in [-0.15, -0.1) is 0 Å². The number of Topliss-reactive ketones (excluding diaryl/α,β-unsaturated/α-hetero) is 1. The van der Waals surface area contributed by atoms with Crippen molar-refractivity contribution in [1.82, 2.24) is 4.98 Å². The summed E-state index contributed by atoms with van der Waals surface area (Å²) in [6.45, 7) is 6.49. The van der Waals surface area contributed by atoms with E-state index in [4.69, 9.17) is 0 Å². The maximum absolute atomic E-state index is 13.7. The number of benzene rings is 1. The summed E-state index contributed by atoms with van der Waals surface area (Å²) < 4.78 is 13.7. The van der Waals surface area contributed by atoms with Gasteiger partial charge in [0.1, 0.15) is 17.1 Å². The predicted octanol–water partition coefficient (Wildman–Crippen LogP) is 5.34. The number of nitrogens with zero attached hydrogens (tertiary/aromatic N) is 1. The highest BCUT2D eigenvalue weighted by molar-refractivity contribution is 5.88. The SMILES string of the molecule is CC(C)CC(C)(CC1CC1)C(=O)Cc1cnc2c(F)cccc2c1. The first-order chi connectivity index (χ1) is 11.4. The summed E-state index contributed by atoms with van der Waals surface area (Å²) in [4.78, 5) is 17.3. The number of halogens is 1.